The first-order valence-electron chi connectivity index (χ1n) is 12.8. The van der Waals surface area contributed by atoms with Crippen LogP contribution in [-0.2, 0) is 11.2 Å². The monoisotopic (exact) mass is 515 g/mol. The van der Waals surface area contributed by atoms with Crippen LogP contribution in [0.3, 0.4) is 0 Å². The summed E-state index contributed by atoms with van der Waals surface area (Å²) in [7, 11) is 3.18. The van der Waals surface area contributed by atoms with Crippen molar-refractivity contribution in [3.63, 3.8) is 0 Å². The predicted octanol–water partition coefficient (Wildman–Crippen LogP) is 3.12. The van der Waals surface area contributed by atoms with E-state index in [0.29, 0.717) is 62.0 Å². The van der Waals surface area contributed by atoms with Gasteiger partial charge in [-0.15, -0.1) is 0 Å². The normalized spacial score (nSPS) is 20.4. The summed E-state index contributed by atoms with van der Waals surface area (Å²) in [5, 5.41) is 0. The van der Waals surface area contributed by atoms with Gasteiger partial charge in [0.1, 0.15) is 0 Å². The maximum absolute atomic E-state index is 14.3. The number of ether oxygens (including phenoxy) is 2. The van der Waals surface area contributed by atoms with Crippen LogP contribution in [0.25, 0.3) is 0 Å². The average Bonchev–Trinajstić information content (AvgIpc) is 3.51. The number of furan rings is 1. The second kappa shape index (κ2) is 9.55. The summed E-state index contributed by atoms with van der Waals surface area (Å²) >= 11 is 0. The second-order valence-electron chi connectivity index (χ2n) is 9.76. The highest BCUT2D eigenvalue weighted by Crippen LogP contribution is 2.48. The van der Waals surface area contributed by atoms with Gasteiger partial charge in [-0.25, -0.2) is 0 Å². The minimum atomic E-state index is -0.576. The molecular weight excluding hydrogens is 486 g/mol. The smallest absolute Gasteiger partial charge is 0.289 e. The van der Waals surface area contributed by atoms with Crippen LogP contribution in [0.1, 0.15) is 49.6 Å². The Bertz CT molecular complexity index is 1390. The van der Waals surface area contributed by atoms with Crippen molar-refractivity contribution in [2.24, 2.45) is 0 Å². The van der Waals surface area contributed by atoms with Crippen molar-refractivity contribution in [1.29, 1.82) is 0 Å². The van der Waals surface area contributed by atoms with Crippen molar-refractivity contribution < 1.29 is 28.3 Å². The molecule has 38 heavy (non-hydrogen) atoms. The quantitative estimate of drug-likeness (QED) is 0.530. The molecule has 3 aromatic rings. The summed E-state index contributed by atoms with van der Waals surface area (Å²) in [6.45, 7) is 2.14. The van der Waals surface area contributed by atoms with Crippen molar-refractivity contribution in [2.75, 3.05) is 46.9 Å². The molecule has 0 aliphatic carbocycles. The fourth-order valence-corrected chi connectivity index (χ4v) is 6.00. The average molecular weight is 516 g/mol. The fourth-order valence-electron chi connectivity index (χ4n) is 6.00. The Labute approximate surface area is 220 Å². The fraction of sp³-hybridized carbons (Fsp3) is 0.345. The van der Waals surface area contributed by atoms with Gasteiger partial charge in [0.05, 0.1) is 32.4 Å². The number of methoxy groups -OCH3 is 2. The summed E-state index contributed by atoms with van der Waals surface area (Å²) in [6, 6.07) is 14.1. The van der Waals surface area contributed by atoms with Gasteiger partial charge in [0.15, 0.2) is 17.3 Å². The van der Waals surface area contributed by atoms with Gasteiger partial charge in [0.25, 0.3) is 11.8 Å². The molecule has 0 unspecified atom stereocenters. The lowest BCUT2D eigenvalue weighted by atomic mass is 9.75. The summed E-state index contributed by atoms with van der Waals surface area (Å²) in [4.78, 5) is 46.0. The number of fused-ring (bicyclic) bond motifs is 4. The number of piperazine rings is 1. The molecule has 2 atom stereocenters. The first-order valence-corrected chi connectivity index (χ1v) is 12.8. The van der Waals surface area contributed by atoms with E-state index in [4.69, 9.17) is 13.9 Å². The van der Waals surface area contributed by atoms with Gasteiger partial charge >= 0.3 is 0 Å². The summed E-state index contributed by atoms with van der Waals surface area (Å²) in [5.74, 6) is 0.621. The van der Waals surface area contributed by atoms with Crippen LogP contribution >= 0.6 is 0 Å². The molecule has 9 nitrogen and oxygen atoms in total. The van der Waals surface area contributed by atoms with Crippen LogP contribution in [-0.4, -0.2) is 79.4 Å². The first-order chi connectivity index (χ1) is 18.5. The molecule has 4 heterocycles. The molecule has 0 N–H and O–H groups in total. The molecule has 0 bridgehead atoms. The van der Waals surface area contributed by atoms with Crippen LogP contribution in [0.2, 0.25) is 0 Å². The minimum absolute atomic E-state index is 0.0484. The van der Waals surface area contributed by atoms with Crippen LogP contribution in [0.4, 0.5) is 0 Å². The molecule has 3 aliphatic rings. The van der Waals surface area contributed by atoms with E-state index in [9.17, 15) is 14.4 Å². The molecule has 0 radical (unpaired) electrons. The SMILES string of the molecule is COc1cc2c(cc1OC)[C@H]1[C@@H](C(=O)N3CCN(C(=O)c4ccco4)CC3)c3ccccc3C(=O)N1CC2. The van der Waals surface area contributed by atoms with E-state index >= 15 is 0 Å². The molecule has 9 heteroatoms. The highest BCUT2D eigenvalue weighted by atomic mass is 16.5. The van der Waals surface area contributed by atoms with Gasteiger partial charge in [-0.1, -0.05) is 18.2 Å². The van der Waals surface area contributed by atoms with E-state index in [2.05, 4.69) is 0 Å². The predicted molar refractivity (Wildman–Crippen MR) is 137 cm³/mol. The third-order valence-electron chi connectivity index (χ3n) is 7.90. The van der Waals surface area contributed by atoms with E-state index in [1.54, 1.807) is 37.3 Å². The van der Waals surface area contributed by atoms with Gasteiger partial charge in [-0.05, 0) is 53.4 Å². The summed E-state index contributed by atoms with van der Waals surface area (Å²) in [5.41, 5.74) is 3.25. The number of carbonyl (C=O) groups is 3. The zero-order valence-corrected chi connectivity index (χ0v) is 21.4. The first kappa shape index (κ1) is 24.1. The molecular formula is C29H29N3O6. The highest BCUT2D eigenvalue weighted by molar-refractivity contribution is 6.01. The molecule has 1 fully saturated rings. The van der Waals surface area contributed by atoms with Crippen LogP contribution in [0.5, 0.6) is 11.5 Å². The highest BCUT2D eigenvalue weighted by Gasteiger charge is 2.48. The van der Waals surface area contributed by atoms with Crippen LogP contribution < -0.4 is 9.47 Å². The third kappa shape index (κ3) is 3.81. The molecule has 3 amide bonds. The number of hydrogen-bond acceptors (Lipinski definition) is 6. The Balaban J connectivity index is 1.35. The zero-order valence-electron chi connectivity index (χ0n) is 21.4. The van der Waals surface area contributed by atoms with Crippen molar-refractivity contribution in [3.05, 3.63) is 82.8 Å². The van der Waals surface area contributed by atoms with Crippen molar-refractivity contribution in [2.45, 2.75) is 18.4 Å². The van der Waals surface area contributed by atoms with E-state index in [1.165, 1.54) is 6.26 Å². The number of nitrogens with zero attached hydrogens (tertiary/aromatic N) is 3. The van der Waals surface area contributed by atoms with Crippen molar-refractivity contribution >= 4 is 17.7 Å². The van der Waals surface area contributed by atoms with E-state index in [-0.39, 0.29) is 17.7 Å². The Morgan fingerprint density at radius 3 is 2.29 bits per heavy atom. The Morgan fingerprint density at radius 1 is 0.868 bits per heavy atom. The number of rotatable bonds is 4. The van der Waals surface area contributed by atoms with Gasteiger partial charge < -0.3 is 28.6 Å². The second-order valence-corrected chi connectivity index (χ2v) is 9.76. The molecule has 1 saturated heterocycles. The van der Waals surface area contributed by atoms with E-state index in [0.717, 1.165) is 16.7 Å². The molecule has 3 aliphatic heterocycles. The van der Waals surface area contributed by atoms with E-state index < -0.39 is 12.0 Å². The zero-order chi connectivity index (χ0) is 26.4. The van der Waals surface area contributed by atoms with Gasteiger partial charge in [-0.2, -0.15) is 0 Å². The van der Waals surface area contributed by atoms with Gasteiger partial charge in [0.2, 0.25) is 5.91 Å². The van der Waals surface area contributed by atoms with Crippen molar-refractivity contribution in [1.82, 2.24) is 14.7 Å². The summed E-state index contributed by atoms with van der Waals surface area (Å²) < 4.78 is 16.4. The lowest BCUT2D eigenvalue weighted by Crippen LogP contribution is -2.55. The molecule has 6 rings (SSSR count). The molecule has 2 aromatic carbocycles. The van der Waals surface area contributed by atoms with Gasteiger partial charge in [-0.3, -0.25) is 14.4 Å². The standard InChI is InChI=1S/C29H29N3O6/c1-36-23-16-18-9-10-32-26(21(18)17-24(23)37-2)25(19-6-3-4-7-20(19)27(32)33)29(35)31-13-11-30(12-14-31)28(34)22-8-5-15-38-22/h3-8,15-17,25-26H,9-14H2,1-2H3/t25-,26-/m0/s1. The lowest BCUT2D eigenvalue weighted by Gasteiger charge is -2.47. The van der Waals surface area contributed by atoms with Crippen molar-refractivity contribution in [3.8, 4) is 11.5 Å². The topological polar surface area (TPSA) is 92.5 Å². The maximum atomic E-state index is 14.3. The van der Waals surface area contributed by atoms with Crippen LogP contribution in [0.15, 0.2) is 59.2 Å². The Hall–Kier alpha value is -4.27. The number of hydrogen-bond donors (Lipinski definition) is 0. The molecule has 0 spiro atoms. The number of benzene rings is 2. The Kier molecular flexibility index (Phi) is 6.06. The molecule has 0 saturated carbocycles. The number of amides is 3. The largest absolute Gasteiger partial charge is 0.493 e. The van der Waals surface area contributed by atoms with E-state index in [1.807, 2.05) is 40.1 Å². The third-order valence-corrected chi connectivity index (χ3v) is 7.90. The maximum Gasteiger partial charge on any atom is 0.289 e. The summed E-state index contributed by atoms with van der Waals surface area (Å²) in [6.07, 6.45) is 2.14. The Morgan fingerprint density at radius 2 is 1.58 bits per heavy atom. The lowest BCUT2D eigenvalue weighted by molar-refractivity contribution is -0.136. The minimum Gasteiger partial charge on any atom is -0.493 e. The van der Waals surface area contributed by atoms with Gasteiger partial charge in [0, 0.05) is 38.3 Å². The number of carbonyl (C=O) groups excluding carboxylic acids is 3. The molecule has 196 valence electrons. The van der Waals surface area contributed by atoms with Crippen LogP contribution in [0, 0.1) is 0 Å². The molecule has 1 aromatic heterocycles.